The number of fused-ring (bicyclic) bond motifs is 1. The zero-order valence-corrected chi connectivity index (χ0v) is 22.4. The second kappa shape index (κ2) is 10.7. The Balaban J connectivity index is 1.43. The standard InChI is InChI=1S/C26H24BrN5O5S/c27-18-6-7-20-19(14-18)24(23(30-20)25(28)33)38(35,36)32-12-13-37-21(15-32)26(34)31-22(16-4-2-1-3-5-16)17-8-10-29-11-9-17/h1-11,14,21-22,30H,12-13,15H2,(H2,28,33)(H,31,34). The second-order valence-electron chi connectivity index (χ2n) is 8.74. The summed E-state index contributed by atoms with van der Waals surface area (Å²) in [5.41, 5.74) is 7.43. The molecular formula is C26H24BrN5O5S. The lowest BCUT2D eigenvalue weighted by Crippen LogP contribution is -2.52. The van der Waals surface area contributed by atoms with Crippen molar-refractivity contribution in [2.24, 2.45) is 5.73 Å². The number of primary amides is 1. The number of morpholine rings is 1. The van der Waals surface area contributed by atoms with Crippen LogP contribution in [0.25, 0.3) is 10.9 Å². The minimum atomic E-state index is -4.22. The fourth-order valence-electron chi connectivity index (χ4n) is 4.51. The number of nitrogens with two attached hydrogens (primary N) is 1. The minimum Gasteiger partial charge on any atom is -0.366 e. The Kier molecular flexibility index (Phi) is 7.30. The van der Waals surface area contributed by atoms with E-state index in [1.54, 1.807) is 42.7 Å². The highest BCUT2D eigenvalue weighted by Crippen LogP contribution is 2.32. The molecule has 1 fully saturated rings. The van der Waals surface area contributed by atoms with Crippen molar-refractivity contribution >= 4 is 48.7 Å². The Bertz CT molecular complexity index is 1560. The zero-order chi connectivity index (χ0) is 26.9. The van der Waals surface area contributed by atoms with Crippen LogP contribution >= 0.6 is 15.9 Å². The van der Waals surface area contributed by atoms with Crippen LogP contribution in [0.3, 0.4) is 0 Å². The van der Waals surface area contributed by atoms with Gasteiger partial charge in [-0.15, -0.1) is 0 Å². The van der Waals surface area contributed by atoms with Crippen molar-refractivity contribution in [2.45, 2.75) is 17.0 Å². The summed E-state index contributed by atoms with van der Waals surface area (Å²) in [6, 6.07) is 17.5. The minimum absolute atomic E-state index is 0.000528. The molecule has 4 N–H and O–H groups in total. The van der Waals surface area contributed by atoms with E-state index in [4.69, 9.17) is 10.5 Å². The van der Waals surface area contributed by atoms with Gasteiger partial charge in [0, 0.05) is 40.9 Å². The quantitative estimate of drug-likeness (QED) is 0.298. The van der Waals surface area contributed by atoms with E-state index in [1.807, 2.05) is 30.3 Å². The van der Waals surface area contributed by atoms with E-state index in [-0.39, 0.29) is 30.3 Å². The summed E-state index contributed by atoms with van der Waals surface area (Å²) in [4.78, 5) is 32.2. The highest BCUT2D eigenvalue weighted by Gasteiger charge is 2.38. The molecular weight excluding hydrogens is 574 g/mol. The number of hydrogen-bond acceptors (Lipinski definition) is 6. The van der Waals surface area contributed by atoms with Gasteiger partial charge in [-0.1, -0.05) is 46.3 Å². The number of carbonyl (C=O) groups is 2. The third kappa shape index (κ3) is 5.07. The third-order valence-electron chi connectivity index (χ3n) is 6.34. The Morgan fingerprint density at radius 2 is 1.82 bits per heavy atom. The maximum atomic E-state index is 13.8. The lowest BCUT2D eigenvalue weighted by molar-refractivity contribution is -0.136. The molecule has 2 unspecified atom stereocenters. The van der Waals surface area contributed by atoms with Crippen LogP contribution in [0.5, 0.6) is 0 Å². The number of nitrogens with one attached hydrogen (secondary N) is 2. The largest absolute Gasteiger partial charge is 0.366 e. The van der Waals surface area contributed by atoms with Gasteiger partial charge in [-0.05, 0) is 41.5 Å². The molecule has 0 radical (unpaired) electrons. The molecule has 5 rings (SSSR count). The van der Waals surface area contributed by atoms with Crippen LogP contribution in [-0.4, -0.2) is 60.3 Å². The van der Waals surface area contributed by atoms with Crippen molar-refractivity contribution in [3.63, 3.8) is 0 Å². The number of aromatic amines is 1. The van der Waals surface area contributed by atoms with Crippen molar-refractivity contribution in [1.29, 1.82) is 0 Å². The molecule has 2 aromatic heterocycles. The molecule has 4 aromatic rings. The molecule has 196 valence electrons. The van der Waals surface area contributed by atoms with Crippen LogP contribution in [0.1, 0.15) is 27.7 Å². The van der Waals surface area contributed by atoms with Gasteiger partial charge in [0.1, 0.15) is 16.7 Å². The van der Waals surface area contributed by atoms with Gasteiger partial charge in [0.2, 0.25) is 10.0 Å². The molecule has 3 heterocycles. The van der Waals surface area contributed by atoms with Crippen molar-refractivity contribution in [2.75, 3.05) is 19.7 Å². The molecule has 10 nitrogen and oxygen atoms in total. The SMILES string of the molecule is NC(=O)c1[nH]c2ccc(Br)cc2c1S(=O)(=O)N1CCOC(C(=O)NC(c2ccccc2)c2ccncc2)C1. The van der Waals surface area contributed by atoms with Crippen LogP contribution in [-0.2, 0) is 19.6 Å². The monoisotopic (exact) mass is 597 g/mol. The molecule has 1 aliphatic rings. The van der Waals surface area contributed by atoms with E-state index in [9.17, 15) is 18.0 Å². The topological polar surface area (TPSA) is 147 Å². The van der Waals surface area contributed by atoms with E-state index in [0.717, 1.165) is 15.4 Å². The molecule has 2 amide bonds. The van der Waals surface area contributed by atoms with E-state index < -0.39 is 34.0 Å². The number of ether oxygens (including phenoxy) is 1. The van der Waals surface area contributed by atoms with Gasteiger partial charge < -0.3 is 20.8 Å². The van der Waals surface area contributed by atoms with Crippen LogP contribution in [0.15, 0.2) is 82.4 Å². The third-order valence-corrected chi connectivity index (χ3v) is 8.78. The molecule has 1 aliphatic heterocycles. The summed E-state index contributed by atoms with van der Waals surface area (Å²) in [6.07, 6.45) is 2.21. The predicted octanol–water partition coefficient (Wildman–Crippen LogP) is 2.72. The number of H-pyrrole nitrogens is 1. The molecule has 2 aromatic carbocycles. The molecule has 0 aliphatic carbocycles. The number of amides is 2. The molecule has 2 atom stereocenters. The Hall–Kier alpha value is -3.58. The average molecular weight is 598 g/mol. The van der Waals surface area contributed by atoms with Gasteiger partial charge in [-0.3, -0.25) is 14.6 Å². The first-order valence-electron chi connectivity index (χ1n) is 11.7. The van der Waals surface area contributed by atoms with Crippen molar-refractivity contribution in [3.05, 3.63) is 94.4 Å². The highest BCUT2D eigenvalue weighted by molar-refractivity contribution is 9.10. The summed E-state index contributed by atoms with van der Waals surface area (Å²) in [5, 5.41) is 3.31. The number of nitrogens with zero attached hydrogens (tertiary/aromatic N) is 2. The van der Waals surface area contributed by atoms with Gasteiger partial charge >= 0.3 is 0 Å². The van der Waals surface area contributed by atoms with Crippen molar-refractivity contribution < 1.29 is 22.7 Å². The van der Waals surface area contributed by atoms with Crippen molar-refractivity contribution in [1.82, 2.24) is 19.6 Å². The van der Waals surface area contributed by atoms with Gasteiger partial charge in [-0.25, -0.2) is 8.42 Å². The lowest BCUT2D eigenvalue weighted by atomic mass is 9.99. The van der Waals surface area contributed by atoms with E-state index in [2.05, 4.69) is 31.2 Å². The van der Waals surface area contributed by atoms with Crippen molar-refractivity contribution in [3.8, 4) is 0 Å². The highest BCUT2D eigenvalue weighted by atomic mass is 79.9. The van der Waals surface area contributed by atoms with Crippen LogP contribution in [0.4, 0.5) is 0 Å². The normalized spacial score (nSPS) is 17.2. The van der Waals surface area contributed by atoms with Crippen LogP contribution < -0.4 is 11.1 Å². The fraction of sp³-hybridized carbons (Fsp3) is 0.192. The Labute approximate surface area is 227 Å². The van der Waals surface area contributed by atoms with E-state index >= 15 is 0 Å². The second-order valence-corrected chi connectivity index (χ2v) is 11.5. The van der Waals surface area contributed by atoms with Crippen LogP contribution in [0, 0.1) is 0 Å². The number of rotatable bonds is 7. The van der Waals surface area contributed by atoms with Gasteiger partial charge in [0.15, 0.2) is 0 Å². The number of carbonyl (C=O) groups excluding carboxylic acids is 2. The molecule has 0 saturated carbocycles. The summed E-state index contributed by atoms with van der Waals surface area (Å²) < 4.78 is 35.1. The first kappa shape index (κ1) is 26.0. The molecule has 0 spiro atoms. The van der Waals surface area contributed by atoms with E-state index in [1.165, 1.54) is 0 Å². The zero-order valence-electron chi connectivity index (χ0n) is 20.0. The molecule has 1 saturated heterocycles. The van der Waals surface area contributed by atoms with Crippen LogP contribution in [0.2, 0.25) is 0 Å². The maximum Gasteiger partial charge on any atom is 0.266 e. The Morgan fingerprint density at radius 3 is 2.53 bits per heavy atom. The summed E-state index contributed by atoms with van der Waals surface area (Å²) in [6.45, 7) is -0.219. The molecule has 0 bridgehead atoms. The number of sulfonamides is 1. The Morgan fingerprint density at radius 1 is 1.11 bits per heavy atom. The number of pyridine rings is 1. The smallest absolute Gasteiger partial charge is 0.266 e. The molecule has 12 heteroatoms. The fourth-order valence-corrected chi connectivity index (χ4v) is 6.63. The number of halogens is 1. The summed E-state index contributed by atoms with van der Waals surface area (Å²) in [5.74, 6) is -1.37. The number of hydrogen-bond donors (Lipinski definition) is 3. The van der Waals surface area contributed by atoms with E-state index in [0.29, 0.717) is 15.4 Å². The van der Waals surface area contributed by atoms with Gasteiger partial charge in [0.25, 0.3) is 11.8 Å². The first-order valence-corrected chi connectivity index (χ1v) is 14.0. The first-order chi connectivity index (χ1) is 18.3. The van der Waals surface area contributed by atoms with Gasteiger partial charge in [0.05, 0.1) is 12.6 Å². The average Bonchev–Trinajstić information content (AvgIpc) is 3.32. The van der Waals surface area contributed by atoms with Gasteiger partial charge in [-0.2, -0.15) is 4.31 Å². The maximum absolute atomic E-state index is 13.8. The summed E-state index contributed by atoms with van der Waals surface area (Å²) >= 11 is 3.35. The number of aromatic nitrogens is 2. The number of benzene rings is 2. The predicted molar refractivity (Wildman–Crippen MR) is 144 cm³/mol. The summed E-state index contributed by atoms with van der Waals surface area (Å²) in [7, 11) is -4.22. The molecule has 38 heavy (non-hydrogen) atoms. The lowest BCUT2D eigenvalue weighted by Gasteiger charge is -2.32.